The van der Waals surface area contributed by atoms with Crippen molar-refractivity contribution in [3.05, 3.63) is 12.4 Å². The third-order valence-corrected chi connectivity index (χ3v) is 2.87. The van der Waals surface area contributed by atoms with Crippen LogP contribution in [0.2, 0.25) is 0 Å². The maximum absolute atomic E-state index is 4.27. The van der Waals surface area contributed by atoms with Crippen LogP contribution in [0.25, 0.3) is 0 Å². The quantitative estimate of drug-likeness (QED) is 0.760. The number of hydrogen-bond donors (Lipinski definition) is 1. The van der Waals surface area contributed by atoms with Gasteiger partial charge in [-0.3, -0.25) is 0 Å². The molecule has 0 saturated carbocycles. The number of anilines is 1. The van der Waals surface area contributed by atoms with Crippen LogP contribution in [0.3, 0.4) is 0 Å². The Labute approximate surface area is 84.9 Å². The molecule has 2 heterocycles. The van der Waals surface area contributed by atoms with Gasteiger partial charge < -0.3 is 14.8 Å². The van der Waals surface area contributed by atoms with E-state index in [1.807, 2.05) is 24.0 Å². The largest absolute Gasteiger partial charge is 0.353 e. The molecule has 0 amide bonds. The van der Waals surface area contributed by atoms with Crippen LogP contribution in [0.1, 0.15) is 12.8 Å². The van der Waals surface area contributed by atoms with E-state index in [2.05, 4.69) is 22.2 Å². The molecule has 1 N–H and O–H groups in total. The average molecular weight is 194 g/mol. The van der Waals surface area contributed by atoms with E-state index in [1.165, 1.54) is 25.9 Å². The number of imidazole rings is 1. The molecule has 1 aromatic rings. The summed E-state index contributed by atoms with van der Waals surface area (Å²) in [7, 11) is 4.20. The van der Waals surface area contributed by atoms with Gasteiger partial charge in [-0.05, 0) is 33.0 Å². The average Bonchev–Trinajstić information content (AvgIpc) is 2.56. The van der Waals surface area contributed by atoms with Gasteiger partial charge in [0.2, 0.25) is 5.95 Å². The molecule has 4 heteroatoms. The number of nitrogens with zero attached hydrogens (tertiary/aromatic N) is 3. The minimum absolute atomic E-state index is 0.590. The topological polar surface area (TPSA) is 33.1 Å². The van der Waals surface area contributed by atoms with Gasteiger partial charge in [-0.1, -0.05) is 0 Å². The second-order valence-corrected chi connectivity index (χ2v) is 4.08. The minimum atomic E-state index is 0.590. The summed E-state index contributed by atoms with van der Waals surface area (Å²) >= 11 is 0. The van der Waals surface area contributed by atoms with Gasteiger partial charge in [0.1, 0.15) is 0 Å². The van der Waals surface area contributed by atoms with Crippen molar-refractivity contribution in [3.63, 3.8) is 0 Å². The number of nitrogens with one attached hydrogen (secondary N) is 1. The van der Waals surface area contributed by atoms with Crippen molar-refractivity contribution in [3.8, 4) is 0 Å². The summed E-state index contributed by atoms with van der Waals surface area (Å²) in [5, 5.41) is 3.47. The highest BCUT2D eigenvalue weighted by Crippen LogP contribution is 2.13. The highest BCUT2D eigenvalue weighted by atomic mass is 15.2. The van der Waals surface area contributed by atoms with Gasteiger partial charge in [0.05, 0.1) is 0 Å². The van der Waals surface area contributed by atoms with Crippen LogP contribution in [-0.4, -0.2) is 40.6 Å². The molecule has 0 aromatic carbocycles. The van der Waals surface area contributed by atoms with Gasteiger partial charge >= 0.3 is 0 Å². The zero-order chi connectivity index (χ0) is 9.97. The third-order valence-electron chi connectivity index (χ3n) is 2.87. The molecule has 2 rings (SSSR count). The fraction of sp³-hybridized carbons (Fsp3) is 0.700. The molecule has 1 aromatic heterocycles. The van der Waals surface area contributed by atoms with Crippen LogP contribution >= 0.6 is 0 Å². The maximum atomic E-state index is 4.27. The molecule has 1 aliphatic rings. The van der Waals surface area contributed by atoms with Crippen molar-refractivity contribution < 1.29 is 0 Å². The SMILES string of the molecule is CN1CCC(Nc2nccn2C)CC1. The van der Waals surface area contributed by atoms with Gasteiger partial charge in [0, 0.05) is 25.5 Å². The van der Waals surface area contributed by atoms with Crippen molar-refractivity contribution in [2.45, 2.75) is 18.9 Å². The lowest BCUT2D eigenvalue weighted by Crippen LogP contribution is -2.37. The van der Waals surface area contributed by atoms with Crippen LogP contribution in [-0.2, 0) is 7.05 Å². The van der Waals surface area contributed by atoms with Gasteiger partial charge in [-0.2, -0.15) is 0 Å². The van der Waals surface area contributed by atoms with E-state index in [1.54, 1.807) is 0 Å². The third kappa shape index (κ3) is 2.07. The zero-order valence-corrected chi connectivity index (χ0v) is 8.90. The lowest BCUT2D eigenvalue weighted by atomic mass is 10.1. The fourth-order valence-corrected chi connectivity index (χ4v) is 1.84. The van der Waals surface area contributed by atoms with Gasteiger partial charge in [0.15, 0.2) is 0 Å². The Morgan fingerprint density at radius 1 is 1.36 bits per heavy atom. The molecule has 0 radical (unpaired) electrons. The van der Waals surface area contributed by atoms with Crippen molar-refractivity contribution in [1.82, 2.24) is 14.5 Å². The lowest BCUT2D eigenvalue weighted by Gasteiger charge is -2.29. The molecule has 0 atom stereocenters. The molecule has 0 spiro atoms. The van der Waals surface area contributed by atoms with E-state index >= 15 is 0 Å². The maximum Gasteiger partial charge on any atom is 0.202 e. The number of rotatable bonds is 2. The van der Waals surface area contributed by atoms with Gasteiger partial charge in [0.25, 0.3) is 0 Å². The minimum Gasteiger partial charge on any atom is -0.353 e. The van der Waals surface area contributed by atoms with E-state index in [4.69, 9.17) is 0 Å². The Hall–Kier alpha value is -1.03. The lowest BCUT2D eigenvalue weighted by molar-refractivity contribution is 0.263. The zero-order valence-electron chi connectivity index (χ0n) is 8.90. The van der Waals surface area contributed by atoms with Crippen molar-refractivity contribution in [1.29, 1.82) is 0 Å². The van der Waals surface area contributed by atoms with E-state index in [0.717, 1.165) is 5.95 Å². The van der Waals surface area contributed by atoms with E-state index in [9.17, 15) is 0 Å². The predicted octanol–water partition coefficient (Wildman–Crippen LogP) is 0.926. The van der Waals surface area contributed by atoms with Crippen LogP contribution < -0.4 is 5.32 Å². The van der Waals surface area contributed by atoms with E-state index in [0.29, 0.717) is 6.04 Å². The highest BCUT2D eigenvalue weighted by molar-refractivity contribution is 5.27. The second-order valence-electron chi connectivity index (χ2n) is 4.08. The Kier molecular flexibility index (Phi) is 2.72. The van der Waals surface area contributed by atoms with Crippen LogP contribution in [0, 0.1) is 0 Å². The van der Waals surface area contributed by atoms with Crippen molar-refractivity contribution in [2.75, 3.05) is 25.5 Å². The first kappa shape index (κ1) is 9.52. The van der Waals surface area contributed by atoms with Crippen LogP contribution in [0.4, 0.5) is 5.95 Å². The Morgan fingerprint density at radius 3 is 2.64 bits per heavy atom. The summed E-state index contributed by atoms with van der Waals surface area (Å²) in [5.41, 5.74) is 0. The molecule has 1 aliphatic heterocycles. The number of aromatic nitrogens is 2. The summed E-state index contributed by atoms with van der Waals surface area (Å²) < 4.78 is 2.03. The molecular formula is C10H18N4. The normalized spacial score (nSPS) is 19.9. The highest BCUT2D eigenvalue weighted by Gasteiger charge is 2.17. The van der Waals surface area contributed by atoms with Crippen molar-refractivity contribution in [2.24, 2.45) is 7.05 Å². The molecule has 4 nitrogen and oxygen atoms in total. The Balaban J connectivity index is 1.89. The predicted molar refractivity (Wildman–Crippen MR) is 57.3 cm³/mol. The molecule has 0 unspecified atom stereocenters. The van der Waals surface area contributed by atoms with Gasteiger partial charge in [-0.25, -0.2) is 4.98 Å². The van der Waals surface area contributed by atoms with Crippen molar-refractivity contribution >= 4 is 5.95 Å². The monoisotopic (exact) mass is 194 g/mol. The molecule has 14 heavy (non-hydrogen) atoms. The standard InChI is InChI=1S/C10H18N4/c1-13-6-3-9(4-7-13)12-10-11-5-8-14(10)2/h5,8-9H,3-4,6-7H2,1-2H3,(H,11,12). The molecule has 1 saturated heterocycles. The van der Waals surface area contributed by atoms with E-state index < -0.39 is 0 Å². The smallest absolute Gasteiger partial charge is 0.202 e. The summed E-state index contributed by atoms with van der Waals surface area (Å²) in [4.78, 5) is 6.64. The first-order valence-electron chi connectivity index (χ1n) is 5.18. The van der Waals surface area contributed by atoms with E-state index in [-0.39, 0.29) is 0 Å². The fourth-order valence-electron chi connectivity index (χ4n) is 1.84. The van der Waals surface area contributed by atoms with Gasteiger partial charge in [-0.15, -0.1) is 0 Å². The molecule has 78 valence electrons. The Morgan fingerprint density at radius 2 is 2.07 bits per heavy atom. The number of piperidine rings is 1. The molecule has 1 fully saturated rings. The first-order chi connectivity index (χ1) is 6.75. The summed E-state index contributed by atoms with van der Waals surface area (Å²) in [6.45, 7) is 2.37. The molecule has 0 aliphatic carbocycles. The Bertz CT molecular complexity index is 286. The summed E-state index contributed by atoms with van der Waals surface area (Å²) in [6, 6.07) is 0.590. The summed E-state index contributed by atoms with van der Waals surface area (Å²) in [6.07, 6.45) is 6.22. The number of hydrogen-bond acceptors (Lipinski definition) is 3. The number of likely N-dealkylation sites (tertiary alicyclic amines) is 1. The van der Waals surface area contributed by atoms with Crippen LogP contribution in [0.15, 0.2) is 12.4 Å². The summed E-state index contributed by atoms with van der Waals surface area (Å²) in [5.74, 6) is 0.986. The molecule has 0 bridgehead atoms. The van der Waals surface area contributed by atoms with Crippen LogP contribution in [0.5, 0.6) is 0 Å². The number of aryl methyl sites for hydroxylation is 1. The molecular weight excluding hydrogens is 176 g/mol. The first-order valence-corrected chi connectivity index (χ1v) is 5.18. The second kappa shape index (κ2) is 4.00.